The summed E-state index contributed by atoms with van der Waals surface area (Å²) < 4.78 is 0. The fourth-order valence-corrected chi connectivity index (χ4v) is 0.832. The molecule has 0 saturated carbocycles. The quantitative estimate of drug-likeness (QED) is 0.614. The molecule has 2 heteroatoms. The summed E-state index contributed by atoms with van der Waals surface area (Å²) in [5, 5.41) is 2.84. The zero-order valence-electron chi connectivity index (χ0n) is 7.61. The summed E-state index contributed by atoms with van der Waals surface area (Å²) in [6.07, 6.45) is 4.50. The number of ketones is 1. The molecule has 0 heterocycles. The smallest absolute Gasteiger partial charge is 0.160 e. The maximum absolute atomic E-state index is 11.2. The van der Waals surface area contributed by atoms with Gasteiger partial charge in [0.2, 0.25) is 0 Å². The van der Waals surface area contributed by atoms with Gasteiger partial charge >= 0.3 is 0 Å². The van der Waals surface area contributed by atoms with Crippen LogP contribution >= 0.6 is 0 Å². The van der Waals surface area contributed by atoms with Gasteiger partial charge < -0.3 is 5.32 Å². The highest BCUT2D eigenvalue weighted by Crippen LogP contribution is 2.02. The van der Waals surface area contributed by atoms with Crippen LogP contribution in [0.15, 0.2) is 11.8 Å². The van der Waals surface area contributed by atoms with Crippen LogP contribution < -0.4 is 5.32 Å². The lowest BCUT2D eigenvalue weighted by Gasteiger charge is -1.98. The molecule has 0 saturated heterocycles. The van der Waals surface area contributed by atoms with E-state index in [2.05, 4.69) is 12.2 Å². The normalized spacial score (nSPS) is 11.4. The van der Waals surface area contributed by atoms with E-state index < -0.39 is 0 Å². The minimum absolute atomic E-state index is 0.251. The van der Waals surface area contributed by atoms with Gasteiger partial charge in [-0.1, -0.05) is 13.3 Å². The molecule has 0 rings (SSSR count). The summed E-state index contributed by atoms with van der Waals surface area (Å²) >= 11 is 0. The third-order valence-corrected chi connectivity index (χ3v) is 1.56. The summed E-state index contributed by atoms with van der Waals surface area (Å²) in [6.45, 7) is 3.93. The van der Waals surface area contributed by atoms with Gasteiger partial charge in [0.05, 0.1) is 0 Å². The van der Waals surface area contributed by atoms with Gasteiger partial charge in [-0.05, 0) is 13.3 Å². The van der Waals surface area contributed by atoms with Gasteiger partial charge in [-0.3, -0.25) is 4.79 Å². The highest BCUT2D eigenvalue weighted by atomic mass is 16.1. The molecule has 0 atom stereocenters. The fourth-order valence-electron chi connectivity index (χ4n) is 0.832. The zero-order valence-corrected chi connectivity index (χ0v) is 7.61. The van der Waals surface area contributed by atoms with Crippen LogP contribution in [-0.2, 0) is 4.79 Å². The SMILES string of the molecule is CCCCC(=O)/C(C)=C/NC. The molecule has 0 aromatic heterocycles. The Morgan fingerprint density at radius 2 is 2.18 bits per heavy atom. The number of carbonyl (C=O) groups excluding carboxylic acids is 1. The Balaban J connectivity index is 3.73. The zero-order chi connectivity index (χ0) is 8.69. The summed E-state index contributed by atoms with van der Waals surface area (Å²) in [5.74, 6) is 0.251. The fraction of sp³-hybridized carbons (Fsp3) is 0.667. The molecule has 0 aliphatic carbocycles. The van der Waals surface area contributed by atoms with Crippen LogP contribution in [0.5, 0.6) is 0 Å². The first kappa shape index (κ1) is 10.2. The molecule has 0 aromatic carbocycles. The van der Waals surface area contributed by atoms with Crippen molar-refractivity contribution in [3.63, 3.8) is 0 Å². The van der Waals surface area contributed by atoms with Crippen LogP contribution in [0.25, 0.3) is 0 Å². The van der Waals surface area contributed by atoms with Crippen molar-refractivity contribution >= 4 is 5.78 Å². The third-order valence-electron chi connectivity index (χ3n) is 1.56. The Morgan fingerprint density at radius 3 is 2.64 bits per heavy atom. The van der Waals surface area contributed by atoms with E-state index in [9.17, 15) is 4.79 Å². The molecule has 0 aliphatic heterocycles. The molecule has 0 aliphatic rings. The number of Topliss-reactive ketones (excluding diaryl/α,β-unsaturated/α-hetero) is 1. The molecule has 0 fully saturated rings. The molecule has 1 N–H and O–H groups in total. The molecular weight excluding hydrogens is 138 g/mol. The minimum Gasteiger partial charge on any atom is -0.394 e. The van der Waals surface area contributed by atoms with Crippen molar-refractivity contribution in [3.8, 4) is 0 Å². The molecule has 0 bridgehead atoms. The maximum atomic E-state index is 11.2. The van der Waals surface area contributed by atoms with Gasteiger partial charge in [-0.2, -0.15) is 0 Å². The van der Waals surface area contributed by atoms with Crippen molar-refractivity contribution in [3.05, 3.63) is 11.8 Å². The summed E-state index contributed by atoms with van der Waals surface area (Å²) in [5.41, 5.74) is 0.820. The largest absolute Gasteiger partial charge is 0.394 e. The van der Waals surface area contributed by atoms with E-state index in [1.807, 2.05) is 6.92 Å². The minimum atomic E-state index is 0.251. The second-order valence-corrected chi connectivity index (χ2v) is 2.64. The number of unbranched alkanes of at least 4 members (excludes halogenated alkanes) is 1. The number of allylic oxidation sites excluding steroid dienone is 1. The molecule has 2 nitrogen and oxygen atoms in total. The van der Waals surface area contributed by atoms with Crippen LogP contribution in [-0.4, -0.2) is 12.8 Å². The van der Waals surface area contributed by atoms with Crippen molar-refractivity contribution in [1.82, 2.24) is 5.32 Å². The molecule has 11 heavy (non-hydrogen) atoms. The summed E-state index contributed by atoms with van der Waals surface area (Å²) in [7, 11) is 1.80. The van der Waals surface area contributed by atoms with Crippen molar-refractivity contribution in [2.75, 3.05) is 7.05 Å². The lowest BCUT2D eigenvalue weighted by Crippen LogP contribution is -2.03. The van der Waals surface area contributed by atoms with E-state index in [4.69, 9.17) is 0 Å². The second-order valence-electron chi connectivity index (χ2n) is 2.64. The Labute approximate surface area is 68.7 Å². The Bertz CT molecular complexity index is 150. The maximum Gasteiger partial charge on any atom is 0.160 e. The van der Waals surface area contributed by atoms with E-state index in [1.165, 1.54) is 0 Å². The molecule has 0 amide bonds. The van der Waals surface area contributed by atoms with E-state index in [0.717, 1.165) is 18.4 Å². The van der Waals surface area contributed by atoms with Gasteiger partial charge in [0.1, 0.15) is 0 Å². The average Bonchev–Trinajstić information content (AvgIpc) is 2.00. The van der Waals surface area contributed by atoms with E-state index >= 15 is 0 Å². The van der Waals surface area contributed by atoms with Crippen molar-refractivity contribution in [2.45, 2.75) is 33.1 Å². The number of hydrogen-bond acceptors (Lipinski definition) is 2. The molecular formula is C9H17NO. The van der Waals surface area contributed by atoms with Gasteiger partial charge in [-0.15, -0.1) is 0 Å². The first-order valence-electron chi connectivity index (χ1n) is 4.09. The topological polar surface area (TPSA) is 29.1 Å². The van der Waals surface area contributed by atoms with Crippen molar-refractivity contribution < 1.29 is 4.79 Å². The van der Waals surface area contributed by atoms with Crippen LogP contribution in [0.1, 0.15) is 33.1 Å². The standard InChI is InChI=1S/C9H17NO/c1-4-5-6-9(11)8(2)7-10-3/h7,10H,4-6H2,1-3H3/b8-7+. The number of hydrogen-bond donors (Lipinski definition) is 1. The molecule has 0 unspecified atom stereocenters. The van der Waals surface area contributed by atoms with E-state index in [0.29, 0.717) is 6.42 Å². The first-order valence-corrected chi connectivity index (χ1v) is 4.09. The van der Waals surface area contributed by atoms with E-state index in [-0.39, 0.29) is 5.78 Å². The van der Waals surface area contributed by atoms with Crippen molar-refractivity contribution in [2.24, 2.45) is 0 Å². The lowest BCUT2D eigenvalue weighted by molar-refractivity contribution is -0.115. The van der Waals surface area contributed by atoms with Crippen molar-refractivity contribution in [1.29, 1.82) is 0 Å². The van der Waals surface area contributed by atoms with Crippen LogP contribution in [0.3, 0.4) is 0 Å². The predicted molar refractivity (Wildman–Crippen MR) is 47.3 cm³/mol. The van der Waals surface area contributed by atoms with Crippen LogP contribution in [0.2, 0.25) is 0 Å². The number of rotatable bonds is 5. The molecule has 0 aromatic rings. The monoisotopic (exact) mass is 155 g/mol. The van der Waals surface area contributed by atoms with Gasteiger partial charge in [0, 0.05) is 25.2 Å². The number of carbonyl (C=O) groups is 1. The number of nitrogens with one attached hydrogen (secondary N) is 1. The Kier molecular flexibility index (Phi) is 5.53. The van der Waals surface area contributed by atoms with Gasteiger partial charge in [-0.25, -0.2) is 0 Å². The molecule has 64 valence electrons. The van der Waals surface area contributed by atoms with Gasteiger partial charge in [0.15, 0.2) is 5.78 Å². The lowest BCUT2D eigenvalue weighted by atomic mass is 10.1. The first-order chi connectivity index (χ1) is 5.22. The van der Waals surface area contributed by atoms with Crippen LogP contribution in [0.4, 0.5) is 0 Å². The highest BCUT2D eigenvalue weighted by molar-refractivity contribution is 5.94. The van der Waals surface area contributed by atoms with Gasteiger partial charge in [0.25, 0.3) is 0 Å². The van der Waals surface area contributed by atoms with Crippen LogP contribution in [0, 0.1) is 0 Å². The summed E-state index contributed by atoms with van der Waals surface area (Å²) in [6, 6.07) is 0. The molecule has 0 spiro atoms. The van der Waals surface area contributed by atoms with E-state index in [1.54, 1.807) is 13.2 Å². The predicted octanol–water partition coefficient (Wildman–Crippen LogP) is 1.87. The summed E-state index contributed by atoms with van der Waals surface area (Å²) in [4.78, 5) is 11.2. The average molecular weight is 155 g/mol. The second kappa shape index (κ2) is 5.96. The highest BCUT2D eigenvalue weighted by Gasteiger charge is 2.01. The third kappa shape index (κ3) is 4.59. The molecule has 0 radical (unpaired) electrons. The Morgan fingerprint density at radius 1 is 1.55 bits per heavy atom. The Hall–Kier alpha value is -0.790.